The molecule has 2 N–H and O–H groups in total. The lowest BCUT2D eigenvalue weighted by Gasteiger charge is -2.16. The van der Waals surface area contributed by atoms with E-state index in [0.717, 1.165) is 16.9 Å². The van der Waals surface area contributed by atoms with Crippen molar-refractivity contribution in [3.8, 4) is 5.75 Å². The number of halogens is 1. The summed E-state index contributed by atoms with van der Waals surface area (Å²) in [5.74, 6) is 0.936. The molecule has 124 valence electrons. The second kappa shape index (κ2) is 7.38. The number of furan rings is 1. The van der Waals surface area contributed by atoms with Crippen LogP contribution in [-0.2, 0) is 4.79 Å². The van der Waals surface area contributed by atoms with Crippen LogP contribution in [0.5, 0.6) is 5.75 Å². The van der Waals surface area contributed by atoms with E-state index in [1.54, 1.807) is 24.3 Å². The van der Waals surface area contributed by atoms with Gasteiger partial charge in [0, 0.05) is 16.7 Å². The first-order valence-corrected chi connectivity index (χ1v) is 7.79. The quantitative estimate of drug-likeness (QED) is 0.817. The van der Waals surface area contributed by atoms with Crippen LogP contribution in [0.1, 0.15) is 17.4 Å². The summed E-state index contributed by atoms with van der Waals surface area (Å²) in [6.45, 7) is 0.130. The highest BCUT2D eigenvalue weighted by Gasteiger charge is 2.15. The van der Waals surface area contributed by atoms with E-state index in [0.29, 0.717) is 17.4 Å². The number of aliphatic hydroxyl groups excluding tert-OH is 1. The molecule has 3 rings (SSSR count). The fourth-order valence-electron chi connectivity index (χ4n) is 2.36. The summed E-state index contributed by atoms with van der Waals surface area (Å²) in [6.07, 6.45) is 6.49. The molecule has 0 spiro atoms. The van der Waals surface area contributed by atoms with Crippen molar-refractivity contribution in [3.63, 3.8) is 0 Å². The van der Waals surface area contributed by atoms with Crippen molar-refractivity contribution in [2.75, 3.05) is 13.2 Å². The van der Waals surface area contributed by atoms with E-state index in [1.807, 2.05) is 18.2 Å². The van der Waals surface area contributed by atoms with E-state index in [9.17, 15) is 9.90 Å². The Morgan fingerprint density at radius 3 is 3.04 bits per heavy atom. The Labute approximate surface area is 144 Å². The minimum Gasteiger partial charge on any atom is -0.488 e. The molecule has 0 bridgehead atoms. The van der Waals surface area contributed by atoms with Crippen molar-refractivity contribution in [2.45, 2.75) is 6.04 Å². The molecule has 0 saturated heterocycles. The predicted octanol–water partition coefficient (Wildman–Crippen LogP) is 3.11. The number of fused-ring (bicyclic) bond motifs is 1. The van der Waals surface area contributed by atoms with Gasteiger partial charge in [0.15, 0.2) is 0 Å². The van der Waals surface area contributed by atoms with Gasteiger partial charge in [0.05, 0.1) is 12.9 Å². The normalized spacial score (nSPS) is 14.7. The first-order chi connectivity index (χ1) is 11.7. The van der Waals surface area contributed by atoms with Gasteiger partial charge in [0.2, 0.25) is 5.91 Å². The lowest BCUT2D eigenvalue weighted by atomic mass is 10.1. The number of aliphatic hydroxyl groups is 1. The average molecular weight is 346 g/mol. The molecule has 1 aliphatic rings. The molecule has 2 aromatic rings. The molecule has 24 heavy (non-hydrogen) atoms. The Hall–Kier alpha value is -2.50. The third kappa shape index (κ3) is 3.88. The summed E-state index contributed by atoms with van der Waals surface area (Å²) in [5, 5.41) is 12.7. The van der Waals surface area contributed by atoms with Crippen LogP contribution in [0.3, 0.4) is 0 Å². The Bertz CT molecular complexity index is 780. The van der Waals surface area contributed by atoms with Gasteiger partial charge in [0.25, 0.3) is 0 Å². The summed E-state index contributed by atoms with van der Waals surface area (Å²) < 4.78 is 10.8. The minimum absolute atomic E-state index is 0.245. The van der Waals surface area contributed by atoms with Crippen molar-refractivity contribution >= 4 is 23.6 Å². The number of benzene rings is 1. The number of nitrogens with one attached hydrogen (secondary N) is 1. The second-order valence-corrected chi connectivity index (χ2v) is 5.72. The molecule has 6 heteroatoms. The summed E-state index contributed by atoms with van der Waals surface area (Å²) in [7, 11) is 0. The lowest BCUT2D eigenvalue weighted by molar-refractivity contribution is -0.117. The number of amides is 1. The van der Waals surface area contributed by atoms with Crippen molar-refractivity contribution in [2.24, 2.45) is 0 Å². The van der Waals surface area contributed by atoms with Crippen molar-refractivity contribution in [3.05, 3.63) is 70.7 Å². The largest absolute Gasteiger partial charge is 0.488 e. The Balaban J connectivity index is 1.66. The van der Waals surface area contributed by atoms with Crippen LogP contribution >= 0.6 is 11.6 Å². The van der Waals surface area contributed by atoms with Gasteiger partial charge in [-0.1, -0.05) is 17.7 Å². The number of carbonyl (C=O) groups excluding carboxylic acids is 1. The smallest absolute Gasteiger partial charge is 0.244 e. The molecular weight excluding hydrogens is 330 g/mol. The van der Waals surface area contributed by atoms with E-state index in [-0.39, 0.29) is 12.5 Å². The Morgan fingerprint density at radius 2 is 2.29 bits per heavy atom. The molecule has 0 fully saturated rings. The number of rotatable bonds is 5. The number of hydrogen-bond donors (Lipinski definition) is 2. The van der Waals surface area contributed by atoms with Gasteiger partial charge in [-0.2, -0.15) is 0 Å². The average Bonchev–Trinajstić information content (AvgIpc) is 3.11. The maximum atomic E-state index is 12.0. The molecule has 0 aliphatic carbocycles. The molecule has 0 saturated carbocycles. The molecule has 1 amide bonds. The second-order valence-electron chi connectivity index (χ2n) is 5.28. The van der Waals surface area contributed by atoms with E-state index in [1.165, 1.54) is 12.3 Å². The topological polar surface area (TPSA) is 71.7 Å². The Morgan fingerprint density at radius 1 is 1.42 bits per heavy atom. The molecule has 0 radical (unpaired) electrons. The molecule has 1 aromatic heterocycles. The van der Waals surface area contributed by atoms with Crippen molar-refractivity contribution < 1.29 is 19.1 Å². The summed E-state index contributed by atoms with van der Waals surface area (Å²) in [6, 6.07) is 8.22. The fraction of sp³-hybridized carbons (Fsp3) is 0.167. The minimum atomic E-state index is -0.576. The van der Waals surface area contributed by atoms with Gasteiger partial charge in [-0.25, -0.2) is 0 Å². The van der Waals surface area contributed by atoms with Crippen LogP contribution in [0.15, 0.2) is 58.7 Å². The fourth-order valence-corrected chi connectivity index (χ4v) is 2.54. The summed E-state index contributed by atoms with van der Waals surface area (Å²) in [5.41, 5.74) is 1.72. The van der Waals surface area contributed by atoms with Gasteiger partial charge >= 0.3 is 0 Å². The van der Waals surface area contributed by atoms with E-state index in [2.05, 4.69) is 5.32 Å². The van der Waals surface area contributed by atoms with Crippen LogP contribution in [-0.4, -0.2) is 24.2 Å². The standard InChI is InChI=1S/C18H16ClNO4/c19-14-4-5-16-13(9-14)8-12(11-24-16)3-6-18(22)20-15(10-21)17-2-1-7-23-17/h1-9,15,21H,10-11H2,(H,20,22)/b6-3+. The molecule has 5 nitrogen and oxygen atoms in total. The van der Waals surface area contributed by atoms with Crippen molar-refractivity contribution in [1.29, 1.82) is 0 Å². The van der Waals surface area contributed by atoms with Gasteiger partial charge in [0.1, 0.15) is 24.2 Å². The number of carbonyl (C=O) groups is 1. The third-order valence-electron chi connectivity index (χ3n) is 3.54. The molecule has 1 aromatic carbocycles. The maximum Gasteiger partial charge on any atom is 0.244 e. The lowest BCUT2D eigenvalue weighted by Crippen LogP contribution is -2.29. The monoisotopic (exact) mass is 345 g/mol. The highest BCUT2D eigenvalue weighted by molar-refractivity contribution is 6.30. The zero-order chi connectivity index (χ0) is 16.9. The van der Waals surface area contributed by atoms with E-state index in [4.69, 9.17) is 20.8 Å². The molecule has 1 unspecified atom stereocenters. The van der Waals surface area contributed by atoms with Crippen LogP contribution < -0.4 is 10.1 Å². The first-order valence-electron chi connectivity index (χ1n) is 7.41. The first kappa shape index (κ1) is 16.4. The SMILES string of the molecule is O=C(/C=C/C1=Cc2cc(Cl)ccc2OC1)NC(CO)c1ccco1. The summed E-state index contributed by atoms with van der Waals surface area (Å²) >= 11 is 5.97. The maximum absolute atomic E-state index is 12.0. The molecule has 2 heterocycles. The highest BCUT2D eigenvalue weighted by atomic mass is 35.5. The van der Waals surface area contributed by atoms with E-state index < -0.39 is 6.04 Å². The van der Waals surface area contributed by atoms with Crippen LogP contribution in [0.4, 0.5) is 0 Å². The molecule has 1 aliphatic heterocycles. The van der Waals surface area contributed by atoms with Gasteiger partial charge in [-0.05, 0) is 42.0 Å². The summed E-state index contributed by atoms with van der Waals surface area (Å²) in [4.78, 5) is 12.0. The molecule has 1 atom stereocenters. The third-order valence-corrected chi connectivity index (χ3v) is 3.78. The van der Waals surface area contributed by atoms with Gasteiger partial charge in [-0.3, -0.25) is 4.79 Å². The number of hydrogen-bond acceptors (Lipinski definition) is 4. The van der Waals surface area contributed by atoms with E-state index >= 15 is 0 Å². The van der Waals surface area contributed by atoms with Crippen LogP contribution in [0, 0.1) is 0 Å². The zero-order valence-electron chi connectivity index (χ0n) is 12.7. The number of ether oxygens (including phenoxy) is 1. The highest BCUT2D eigenvalue weighted by Crippen LogP contribution is 2.29. The van der Waals surface area contributed by atoms with Crippen LogP contribution in [0.25, 0.3) is 6.08 Å². The van der Waals surface area contributed by atoms with Crippen molar-refractivity contribution in [1.82, 2.24) is 5.32 Å². The van der Waals surface area contributed by atoms with Gasteiger partial charge in [-0.15, -0.1) is 0 Å². The Kier molecular flexibility index (Phi) is 5.03. The van der Waals surface area contributed by atoms with Crippen LogP contribution in [0.2, 0.25) is 5.02 Å². The zero-order valence-corrected chi connectivity index (χ0v) is 13.5. The van der Waals surface area contributed by atoms with Gasteiger partial charge < -0.3 is 19.6 Å². The molecular formula is C18H16ClNO4. The predicted molar refractivity (Wildman–Crippen MR) is 90.7 cm³/mol.